The maximum absolute atomic E-state index is 15.9. The van der Waals surface area contributed by atoms with Gasteiger partial charge >= 0.3 is 0 Å². The summed E-state index contributed by atoms with van der Waals surface area (Å²) in [6, 6.07) is 22.9. The van der Waals surface area contributed by atoms with Gasteiger partial charge in [0, 0.05) is 130 Å². The Morgan fingerprint density at radius 3 is 1.61 bits per heavy atom. The van der Waals surface area contributed by atoms with Gasteiger partial charge in [0.05, 0.1) is 38.5 Å². The number of ether oxygens (including phenoxy) is 2. The molecule has 6 heterocycles. The average Bonchev–Trinajstić information content (AvgIpc) is 4.10. The smallest absolute Gasteiger partial charge is 0.240 e. The highest BCUT2D eigenvalue weighted by Gasteiger charge is 2.56. The first-order chi connectivity index (χ1) is 38.4. The van der Waals surface area contributed by atoms with Crippen LogP contribution in [0.3, 0.4) is 0 Å². The lowest BCUT2D eigenvalue weighted by molar-refractivity contribution is -0.141. The highest BCUT2D eigenvalue weighted by molar-refractivity contribution is 6.17. The van der Waals surface area contributed by atoms with E-state index in [1.54, 1.807) is 24.3 Å². The fraction of sp³-hybridized carbons (Fsp3) is 0.548. The summed E-state index contributed by atoms with van der Waals surface area (Å²) in [5.41, 5.74) is 8.89. The standard InChI is InChI=1S/C62H82F2N10O6/c1-38-30-73(51(28-66-38)32-71-19-21-79-34-40(71)3)42(5)57(75)61(59(65)77)36-68-55-27-47(12-17-53(55)61)25-50(24-45-9-15-49(64)16-10-45)70-60(78)62(37-69-56-26-46(11-18-54(56)62)23-44-7-13-48(63)14-8-44)58(76)43(6)74-31-39(2)67-29-52(74)33-72-20-22-80-35-41(72)4/h7-18,26-27,38-43,50-52,66-69H,19-25,28-37H2,1-6H3,(H2,65,77)(H,70,78)/t38-,39-,40-,41-,42?,43?,50?,51-,52-,61?,62?/m1/s1. The number of anilines is 2. The van der Waals surface area contributed by atoms with Crippen molar-refractivity contribution >= 4 is 34.8 Å². The molecule has 0 bridgehead atoms. The van der Waals surface area contributed by atoms with Crippen molar-refractivity contribution in [1.29, 1.82) is 0 Å². The van der Waals surface area contributed by atoms with Gasteiger partial charge in [-0.05, 0) is 119 Å². The summed E-state index contributed by atoms with van der Waals surface area (Å²) in [6.07, 6.45) is 1.11. The van der Waals surface area contributed by atoms with E-state index in [1.165, 1.54) is 24.3 Å². The van der Waals surface area contributed by atoms with Gasteiger partial charge in [0.1, 0.15) is 11.6 Å². The van der Waals surface area contributed by atoms with Crippen LogP contribution in [0.15, 0.2) is 84.9 Å². The van der Waals surface area contributed by atoms with Gasteiger partial charge in [-0.1, -0.05) is 48.5 Å². The van der Waals surface area contributed by atoms with Crippen LogP contribution in [0.2, 0.25) is 0 Å². The minimum Gasteiger partial charge on any atom is -0.383 e. The third kappa shape index (κ3) is 11.8. The van der Waals surface area contributed by atoms with E-state index in [9.17, 15) is 13.6 Å². The molecule has 0 saturated carbocycles. The highest BCUT2D eigenvalue weighted by atomic mass is 19.1. The number of benzene rings is 4. The summed E-state index contributed by atoms with van der Waals surface area (Å²) in [7, 11) is 0. The van der Waals surface area contributed by atoms with Crippen molar-refractivity contribution in [3.8, 4) is 0 Å². The predicted octanol–water partition coefficient (Wildman–Crippen LogP) is 4.02. The summed E-state index contributed by atoms with van der Waals surface area (Å²) < 4.78 is 39.9. The van der Waals surface area contributed by atoms with E-state index in [2.05, 4.69) is 73.9 Å². The van der Waals surface area contributed by atoms with Crippen LogP contribution in [0.25, 0.3) is 0 Å². The number of amides is 2. The number of ketones is 2. The SMILES string of the molecule is CC(C(=O)C1(C(N)=O)CNc2cc(CC(Cc3ccc(F)cc3)NC(=O)C3(C(=O)C(C)N4C[C@@H](C)NC[C@@H]4CN4CCOC[C@H]4C)CNc4cc(Cc5ccc(F)cc5)ccc43)ccc21)N1C[C@@H](C)NC[C@@H]1CN1CCOC[C@H]1C. The maximum atomic E-state index is 15.9. The molecule has 7 N–H and O–H groups in total. The van der Waals surface area contributed by atoms with Gasteiger partial charge in [0.15, 0.2) is 22.4 Å². The molecule has 10 rings (SSSR count). The first-order valence-electron chi connectivity index (χ1n) is 29.0. The van der Waals surface area contributed by atoms with E-state index in [0.717, 1.165) is 48.4 Å². The molecule has 18 heteroatoms. The second kappa shape index (κ2) is 24.4. The fourth-order valence-electron chi connectivity index (χ4n) is 13.6. The molecule has 6 aliphatic rings. The number of Topliss-reactive ketones (excluding diaryl/α,β-unsaturated/α-hetero) is 2. The number of nitrogens with two attached hydrogens (primary N) is 1. The number of halogens is 2. The molecule has 4 fully saturated rings. The zero-order chi connectivity index (χ0) is 56.5. The van der Waals surface area contributed by atoms with Gasteiger partial charge < -0.3 is 41.8 Å². The number of primary amides is 1. The normalized spacial score (nSPS) is 28.6. The van der Waals surface area contributed by atoms with Crippen molar-refractivity contribution < 1.29 is 37.4 Å². The number of carbonyl (C=O) groups is 4. The van der Waals surface area contributed by atoms with Gasteiger partial charge in [-0.3, -0.25) is 38.8 Å². The fourth-order valence-corrected chi connectivity index (χ4v) is 13.6. The topological polar surface area (TPSA) is 186 Å². The first kappa shape index (κ1) is 57.5. The molecule has 2 amide bonds. The van der Waals surface area contributed by atoms with Crippen LogP contribution in [0.1, 0.15) is 74.9 Å². The highest BCUT2D eigenvalue weighted by Crippen LogP contribution is 2.43. The van der Waals surface area contributed by atoms with Gasteiger partial charge in [-0.25, -0.2) is 8.78 Å². The summed E-state index contributed by atoms with van der Waals surface area (Å²) in [5.74, 6) is -2.34. The number of nitrogens with one attached hydrogen (secondary N) is 5. The largest absolute Gasteiger partial charge is 0.383 e. The molecule has 4 aromatic rings. The van der Waals surface area contributed by atoms with E-state index in [1.807, 2.05) is 50.2 Å². The Morgan fingerprint density at radius 1 is 0.637 bits per heavy atom. The molecule has 16 nitrogen and oxygen atoms in total. The molecule has 4 saturated heterocycles. The van der Waals surface area contributed by atoms with Gasteiger partial charge in [-0.2, -0.15) is 0 Å². The predicted molar refractivity (Wildman–Crippen MR) is 306 cm³/mol. The summed E-state index contributed by atoms with van der Waals surface area (Å²) in [6.45, 7) is 20.7. The van der Waals surface area contributed by atoms with Crippen molar-refractivity contribution in [3.05, 3.63) is 130 Å². The number of rotatable bonds is 19. The number of hydrogen-bond donors (Lipinski definition) is 6. The number of fused-ring (bicyclic) bond motifs is 2. The van der Waals surface area contributed by atoms with Gasteiger partial charge in [-0.15, -0.1) is 0 Å². The number of piperazine rings is 2. The van der Waals surface area contributed by atoms with E-state index in [4.69, 9.17) is 15.2 Å². The van der Waals surface area contributed by atoms with Crippen molar-refractivity contribution in [1.82, 2.24) is 35.6 Å². The molecule has 6 aliphatic heterocycles. The molecule has 430 valence electrons. The van der Waals surface area contributed by atoms with E-state index in [-0.39, 0.29) is 79.0 Å². The summed E-state index contributed by atoms with van der Waals surface area (Å²) in [4.78, 5) is 70.2. The summed E-state index contributed by atoms with van der Waals surface area (Å²) in [5, 5.41) is 17.6. The molecule has 0 radical (unpaired) electrons. The van der Waals surface area contributed by atoms with Gasteiger partial charge in [0.2, 0.25) is 11.8 Å². The second-order valence-corrected chi connectivity index (χ2v) is 23.9. The lowest BCUT2D eigenvalue weighted by Crippen LogP contribution is -2.66. The van der Waals surface area contributed by atoms with Crippen LogP contribution in [-0.4, -0.2) is 189 Å². The number of carbonyl (C=O) groups excluding carboxylic acids is 4. The Bertz CT molecular complexity index is 2880. The monoisotopic (exact) mass is 1100 g/mol. The molecule has 5 unspecified atom stereocenters. The Kier molecular flexibility index (Phi) is 17.6. The molecule has 0 aromatic heterocycles. The van der Waals surface area contributed by atoms with E-state index >= 15 is 14.4 Å². The van der Waals surface area contributed by atoms with E-state index in [0.29, 0.717) is 87.9 Å². The molecule has 11 atom stereocenters. The van der Waals surface area contributed by atoms with Crippen LogP contribution in [-0.2, 0) is 58.7 Å². The Morgan fingerprint density at radius 2 is 1.09 bits per heavy atom. The number of nitrogens with zero attached hydrogens (tertiary/aromatic N) is 4. The second-order valence-electron chi connectivity index (χ2n) is 23.9. The molecular formula is C62H82F2N10O6. The van der Waals surface area contributed by atoms with Crippen LogP contribution < -0.4 is 32.3 Å². The van der Waals surface area contributed by atoms with Crippen molar-refractivity contribution in [2.75, 3.05) is 103 Å². The molecule has 0 spiro atoms. The zero-order valence-corrected chi connectivity index (χ0v) is 47.4. The first-order valence-corrected chi connectivity index (χ1v) is 29.0. The Hall–Kier alpha value is -5.70. The number of morpholine rings is 2. The molecular weight excluding hydrogens is 1020 g/mol. The molecule has 80 heavy (non-hydrogen) atoms. The quantitative estimate of drug-likeness (QED) is 0.0741. The minimum absolute atomic E-state index is 0.00583. The average molecular weight is 1100 g/mol. The Balaban J connectivity index is 0.954. The lowest BCUT2D eigenvalue weighted by atomic mass is 9.73. The van der Waals surface area contributed by atoms with Crippen molar-refractivity contribution in [2.24, 2.45) is 5.73 Å². The van der Waals surface area contributed by atoms with Crippen molar-refractivity contribution in [2.45, 2.75) is 126 Å². The van der Waals surface area contributed by atoms with Crippen LogP contribution >= 0.6 is 0 Å². The van der Waals surface area contributed by atoms with E-state index < -0.39 is 40.8 Å². The van der Waals surface area contributed by atoms with Crippen LogP contribution in [0.4, 0.5) is 20.2 Å². The van der Waals surface area contributed by atoms with Crippen molar-refractivity contribution in [3.63, 3.8) is 0 Å². The lowest BCUT2D eigenvalue weighted by Gasteiger charge is -2.47. The Labute approximate surface area is 470 Å². The van der Waals surface area contributed by atoms with Gasteiger partial charge in [0.25, 0.3) is 0 Å². The molecule has 4 aromatic carbocycles. The third-order valence-corrected chi connectivity index (χ3v) is 18.3. The molecule has 0 aliphatic carbocycles. The zero-order valence-electron chi connectivity index (χ0n) is 47.4. The van der Waals surface area contributed by atoms with Crippen LogP contribution in [0, 0.1) is 11.6 Å². The van der Waals surface area contributed by atoms with Crippen LogP contribution in [0.5, 0.6) is 0 Å². The minimum atomic E-state index is -1.66. The summed E-state index contributed by atoms with van der Waals surface area (Å²) >= 11 is 0. The number of hydrogen-bond acceptors (Lipinski definition) is 14. The third-order valence-electron chi connectivity index (χ3n) is 18.3. The maximum Gasteiger partial charge on any atom is 0.240 e.